The van der Waals surface area contributed by atoms with E-state index in [4.69, 9.17) is 4.74 Å². The first kappa shape index (κ1) is 8.34. The number of alkyl halides is 1. The fourth-order valence-electron chi connectivity index (χ4n) is 0.662. The number of hydrogen-bond acceptors (Lipinski definition) is 1. The average Bonchev–Trinajstić information content (AvgIpc) is 2.07. The summed E-state index contributed by atoms with van der Waals surface area (Å²) in [5.74, 6) is 0.865. The number of para-hydroxylation sites is 1. The van der Waals surface area contributed by atoms with Crippen molar-refractivity contribution in [2.75, 3.05) is 5.33 Å². The SMILES string of the molecule is BrCC=COc1ccccc1. The van der Waals surface area contributed by atoms with Crippen molar-refractivity contribution in [2.45, 2.75) is 0 Å². The van der Waals surface area contributed by atoms with Crippen LogP contribution < -0.4 is 4.74 Å². The van der Waals surface area contributed by atoms with Crippen LogP contribution in [-0.2, 0) is 0 Å². The van der Waals surface area contributed by atoms with Gasteiger partial charge in [0.2, 0.25) is 0 Å². The van der Waals surface area contributed by atoms with E-state index in [0.717, 1.165) is 11.1 Å². The summed E-state index contributed by atoms with van der Waals surface area (Å²) in [6.45, 7) is 0. The van der Waals surface area contributed by atoms with Gasteiger partial charge in [-0.1, -0.05) is 34.1 Å². The molecule has 1 nitrogen and oxygen atoms in total. The largest absolute Gasteiger partial charge is 0.465 e. The summed E-state index contributed by atoms with van der Waals surface area (Å²) < 4.78 is 5.24. The fourth-order valence-corrected chi connectivity index (χ4v) is 0.815. The lowest BCUT2D eigenvalue weighted by Gasteiger charge is -1.96. The van der Waals surface area contributed by atoms with Crippen LogP contribution in [0.1, 0.15) is 0 Å². The molecule has 0 heterocycles. The Morgan fingerprint density at radius 3 is 2.64 bits per heavy atom. The molecule has 0 N–H and O–H groups in total. The second-order valence-electron chi connectivity index (χ2n) is 1.96. The molecule has 0 saturated heterocycles. The molecule has 0 fully saturated rings. The van der Waals surface area contributed by atoms with Gasteiger partial charge < -0.3 is 4.74 Å². The zero-order valence-corrected chi connectivity index (χ0v) is 7.62. The molecule has 0 amide bonds. The van der Waals surface area contributed by atoms with E-state index < -0.39 is 0 Å². The van der Waals surface area contributed by atoms with E-state index in [1.807, 2.05) is 36.4 Å². The van der Waals surface area contributed by atoms with Crippen molar-refractivity contribution in [1.29, 1.82) is 0 Å². The van der Waals surface area contributed by atoms with Crippen LogP contribution in [0.3, 0.4) is 0 Å². The zero-order valence-electron chi connectivity index (χ0n) is 6.03. The first-order valence-electron chi connectivity index (χ1n) is 3.36. The maximum Gasteiger partial charge on any atom is 0.126 e. The van der Waals surface area contributed by atoms with Crippen LogP contribution in [0.5, 0.6) is 5.75 Å². The van der Waals surface area contributed by atoms with Gasteiger partial charge in [0.25, 0.3) is 0 Å². The molecule has 0 spiro atoms. The number of hydrogen-bond donors (Lipinski definition) is 0. The first-order valence-corrected chi connectivity index (χ1v) is 4.48. The van der Waals surface area contributed by atoms with Crippen molar-refractivity contribution in [3.8, 4) is 5.75 Å². The Bertz CT molecular complexity index is 218. The minimum atomic E-state index is 0.819. The molecule has 0 aromatic heterocycles. The minimum Gasteiger partial charge on any atom is -0.465 e. The lowest BCUT2D eigenvalue weighted by Crippen LogP contribution is -1.79. The molecular formula is C9H9BrO. The monoisotopic (exact) mass is 212 g/mol. The molecule has 58 valence electrons. The highest BCUT2D eigenvalue weighted by Gasteiger charge is 1.83. The summed E-state index contributed by atoms with van der Waals surface area (Å²) >= 11 is 3.26. The topological polar surface area (TPSA) is 9.23 Å². The summed E-state index contributed by atoms with van der Waals surface area (Å²) in [7, 11) is 0. The second kappa shape index (κ2) is 4.97. The molecule has 1 rings (SSSR count). The van der Waals surface area contributed by atoms with E-state index >= 15 is 0 Å². The van der Waals surface area contributed by atoms with Gasteiger partial charge in [0.05, 0.1) is 6.26 Å². The highest BCUT2D eigenvalue weighted by Crippen LogP contribution is 2.08. The lowest BCUT2D eigenvalue weighted by molar-refractivity contribution is 0.480. The van der Waals surface area contributed by atoms with Crippen molar-refractivity contribution >= 4 is 15.9 Å². The van der Waals surface area contributed by atoms with Gasteiger partial charge in [-0.15, -0.1) is 0 Å². The molecule has 0 atom stereocenters. The van der Waals surface area contributed by atoms with Gasteiger partial charge in [-0.25, -0.2) is 0 Å². The molecular weight excluding hydrogens is 204 g/mol. The molecule has 1 aromatic rings. The number of benzene rings is 1. The first-order chi connectivity index (χ1) is 5.43. The predicted molar refractivity (Wildman–Crippen MR) is 50.0 cm³/mol. The van der Waals surface area contributed by atoms with Crippen molar-refractivity contribution in [1.82, 2.24) is 0 Å². The van der Waals surface area contributed by atoms with E-state index in [-0.39, 0.29) is 0 Å². The lowest BCUT2D eigenvalue weighted by atomic mass is 10.3. The maximum atomic E-state index is 5.24. The van der Waals surface area contributed by atoms with E-state index in [1.165, 1.54) is 0 Å². The molecule has 0 saturated carbocycles. The normalized spacial score (nSPS) is 10.3. The maximum absolute atomic E-state index is 5.24. The van der Waals surface area contributed by atoms with E-state index in [0.29, 0.717) is 0 Å². The third-order valence-electron chi connectivity index (χ3n) is 1.13. The van der Waals surface area contributed by atoms with Crippen molar-refractivity contribution in [2.24, 2.45) is 0 Å². The third-order valence-corrected chi connectivity index (χ3v) is 1.51. The average molecular weight is 213 g/mol. The standard InChI is InChI=1S/C9H9BrO/c10-7-4-8-11-9-5-2-1-3-6-9/h1-6,8H,7H2. The molecule has 0 aliphatic heterocycles. The van der Waals surface area contributed by atoms with Gasteiger partial charge in [0.15, 0.2) is 0 Å². The molecule has 1 aromatic carbocycles. The molecule has 11 heavy (non-hydrogen) atoms. The highest BCUT2D eigenvalue weighted by molar-refractivity contribution is 9.09. The summed E-state index contributed by atoms with van der Waals surface area (Å²) in [6.07, 6.45) is 3.57. The van der Waals surface area contributed by atoms with Gasteiger partial charge in [-0.2, -0.15) is 0 Å². The Morgan fingerprint density at radius 2 is 2.00 bits per heavy atom. The van der Waals surface area contributed by atoms with Crippen LogP contribution in [-0.4, -0.2) is 5.33 Å². The highest BCUT2D eigenvalue weighted by atomic mass is 79.9. The van der Waals surface area contributed by atoms with Crippen molar-refractivity contribution < 1.29 is 4.74 Å². The van der Waals surface area contributed by atoms with Crippen LogP contribution in [0.4, 0.5) is 0 Å². The molecule has 0 bridgehead atoms. The van der Waals surface area contributed by atoms with Crippen LogP contribution in [0, 0.1) is 0 Å². The molecule has 0 aliphatic carbocycles. The summed E-state index contributed by atoms with van der Waals surface area (Å²) in [5, 5.41) is 0.819. The van der Waals surface area contributed by atoms with Crippen LogP contribution >= 0.6 is 15.9 Å². The molecule has 2 heteroatoms. The van der Waals surface area contributed by atoms with Crippen LogP contribution in [0.25, 0.3) is 0 Å². The van der Waals surface area contributed by atoms with E-state index in [2.05, 4.69) is 15.9 Å². The Hall–Kier alpha value is -0.760. The number of allylic oxidation sites excluding steroid dienone is 1. The Kier molecular flexibility index (Phi) is 3.76. The summed E-state index contributed by atoms with van der Waals surface area (Å²) in [6, 6.07) is 9.67. The van der Waals surface area contributed by atoms with E-state index in [1.54, 1.807) is 6.26 Å². The molecule has 0 radical (unpaired) electrons. The summed E-state index contributed by atoms with van der Waals surface area (Å²) in [5.41, 5.74) is 0. The van der Waals surface area contributed by atoms with Crippen molar-refractivity contribution in [3.05, 3.63) is 42.7 Å². The quantitative estimate of drug-likeness (QED) is 0.554. The van der Waals surface area contributed by atoms with Gasteiger partial charge in [0.1, 0.15) is 5.75 Å². The predicted octanol–water partition coefficient (Wildman–Crippen LogP) is 2.97. The summed E-state index contributed by atoms with van der Waals surface area (Å²) in [4.78, 5) is 0. The Labute approximate surface area is 74.8 Å². The van der Waals surface area contributed by atoms with Crippen molar-refractivity contribution in [3.63, 3.8) is 0 Å². The Morgan fingerprint density at radius 1 is 1.27 bits per heavy atom. The number of rotatable bonds is 3. The van der Waals surface area contributed by atoms with Gasteiger partial charge >= 0.3 is 0 Å². The number of ether oxygens (including phenoxy) is 1. The molecule has 0 unspecified atom stereocenters. The smallest absolute Gasteiger partial charge is 0.126 e. The van der Waals surface area contributed by atoms with Gasteiger partial charge in [-0.3, -0.25) is 0 Å². The van der Waals surface area contributed by atoms with Crippen LogP contribution in [0.15, 0.2) is 42.7 Å². The van der Waals surface area contributed by atoms with Gasteiger partial charge in [-0.05, 0) is 18.2 Å². The van der Waals surface area contributed by atoms with Gasteiger partial charge in [0, 0.05) is 5.33 Å². The fraction of sp³-hybridized carbons (Fsp3) is 0.111. The second-order valence-corrected chi connectivity index (χ2v) is 2.60. The van der Waals surface area contributed by atoms with E-state index in [9.17, 15) is 0 Å². The Balaban J connectivity index is 2.45. The van der Waals surface area contributed by atoms with Crippen LogP contribution in [0.2, 0.25) is 0 Å². The minimum absolute atomic E-state index is 0.819. The number of halogens is 1. The zero-order chi connectivity index (χ0) is 7.94. The molecule has 0 aliphatic rings. The third kappa shape index (κ3) is 3.23.